The average Bonchev–Trinajstić information content (AvgIpc) is 2.96. The van der Waals surface area contributed by atoms with Gasteiger partial charge in [-0.05, 0) is 18.2 Å². The number of carbonyl (C=O) groups excluding carboxylic acids is 1. The number of ether oxygens (including phenoxy) is 1. The molecule has 0 saturated carbocycles. The molecule has 1 aromatic carbocycles. The van der Waals surface area contributed by atoms with Gasteiger partial charge in [0.25, 0.3) is 5.91 Å². The van der Waals surface area contributed by atoms with Gasteiger partial charge in [-0.2, -0.15) is 0 Å². The molecular formula is C15H14N4O2S. The van der Waals surface area contributed by atoms with Crippen LogP contribution in [0.25, 0.3) is 10.2 Å². The van der Waals surface area contributed by atoms with Crippen LogP contribution in [0.1, 0.15) is 10.5 Å². The molecule has 2 N–H and O–H groups in total. The summed E-state index contributed by atoms with van der Waals surface area (Å²) in [5.74, 6) is 1.00. The Morgan fingerprint density at radius 2 is 2.00 bits per heavy atom. The van der Waals surface area contributed by atoms with Crippen molar-refractivity contribution in [3.05, 3.63) is 42.2 Å². The quantitative estimate of drug-likeness (QED) is 0.774. The Morgan fingerprint density at radius 3 is 2.77 bits per heavy atom. The fourth-order valence-corrected chi connectivity index (χ4v) is 2.79. The minimum Gasteiger partial charge on any atom is -0.457 e. The first kappa shape index (κ1) is 14.3. The molecule has 0 bridgehead atoms. The number of pyridine rings is 1. The predicted molar refractivity (Wildman–Crippen MR) is 86.9 cm³/mol. The van der Waals surface area contributed by atoms with Crippen LogP contribution in [0, 0.1) is 0 Å². The van der Waals surface area contributed by atoms with Gasteiger partial charge in [0, 0.05) is 32.4 Å². The molecule has 6 nitrogen and oxygen atoms in total. The zero-order valence-electron chi connectivity index (χ0n) is 12.1. The summed E-state index contributed by atoms with van der Waals surface area (Å²) in [6.07, 6.45) is 1.55. The predicted octanol–water partition coefficient (Wildman–Crippen LogP) is 2.88. The highest BCUT2D eigenvalue weighted by Gasteiger charge is 2.08. The summed E-state index contributed by atoms with van der Waals surface area (Å²) in [6, 6.07) is 9.00. The SMILES string of the molecule is CNC(=O)c1cc(Oc2ccc3nc(NC)sc3c2)ccn1. The van der Waals surface area contributed by atoms with Gasteiger partial charge in [0.15, 0.2) is 5.13 Å². The summed E-state index contributed by atoms with van der Waals surface area (Å²) < 4.78 is 6.83. The number of hydrogen-bond acceptors (Lipinski definition) is 6. The second-order valence-electron chi connectivity index (χ2n) is 4.46. The first-order valence-corrected chi connectivity index (χ1v) is 7.45. The van der Waals surface area contributed by atoms with E-state index in [-0.39, 0.29) is 5.91 Å². The molecule has 0 aliphatic carbocycles. The second-order valence-corrected chi connectivity index (χ2v) is 5.49. The van der Waals surface area contributed by atoms with E-state index < -0.39 is 0 Å². The molecular weight excluding hydrogens is 300 g/mol. The Kier molecular flexibility index (Phi) is 3.88. The maximum Gasteiger partial charge on any atom is 0.269 e. The Hall–Kier alpha value is -2.67. The standard InChI is InChI=1S/C15H14N4O2S/c1-16-14(20)12-7-10(5-6-18-12)21-9-3-4-11-13(8-9)22-15(17-2)19-11/h3-8H,1-2H3,(H,16,20)(H,17,19). The fourth-order valence-electron chi connectivity index (χ4n) is 1.94. The van der Waals surface area contributed by atoms with Gasteiger partial charge in [0.1, 0.15) is 17.2 Å². The third kappa shape index (κ3) is 2.84. The van der Waals surface area contributed by atoms with Crippen molar-refractivity contribution in [3.8, 4) is 11.5 Å². The van der Waals surface area contributed by atoms with E-state index in [2.05, 4.69) is 20.6 Å². The first-order valence-electron chi connectivity index (χ1n) is 6.64. The molecule has 0 atom stereocenters. The zero-order valence-corrected chi connectivity index (χ0v) is 12.9. The lowest BCUT2D eigenvalue weighted by atomic mass is 10.3. The number of nitrogens with one attached hydrogen (secondary N) is 2. The van der Waals surface area contributed by atoms with Crippen molar-refractivity contribution in [1.29, 1.82) is 0 Å². The molecule has 0 radical (unpaired) electrons. The maximum atomic E-state index is 11.6. The van der Waals surface area contributed by atoms with Gasteiger partial charge in [-0.3, -0.25) is 9.78 Å². The molecule has 2 heterocycles. The number of rotatable bonds is 4. The number of anilines is 1. The monoisotopic (exact) mass is 314 g/mol. The molecule has 0 aliphatic rings. The Labute approximate surface area is 131 Å². The van der Waals surface area contributed by atoms with Crippen molar-refractivity contribution in [1.82, 2.24) is 15.3 Å². The number of nitrogens with zero attached hydrogens (tertiary/aromatic N) is 2. The summed E-state index contributed by atoms with van der Waals surface area (Å²) in [4.78, 5) is 20.0. The molecule has 2 aromatic heterocycles. The normalized spacial score (nSPS) is 10.5. The van der Waals surface area contributed by atoms with E-state index in [9.17, 15) is 4.79 Å². The van der Waals surface area contributed by atoms with Crippen LogP contribution >= 0.6 is 11.3 Å². The summed E-state index contributed by atoms with van der Waals surface area (Å²) >= 11 is 1.55. The number of aromatic nitrogens is 2. The third-order valence-corrected chi connectivity index (χ3v) is 4.04. The van der Waals surface area contributed by atoms with E-state index >= 15 is 0 Å². The average molecular weight is 314 g/mol. The molecule has 0 fully saturated rings. The molecule has 0 spiro atoms. The highest BCUT2D eigenvalue weighted by atomic mass is 32.1. The maximum absolute atomic E-state index is 11.6. The van der Waals surface area contributed by atoms with Crippen LogP contribution in [0.3, 0.4) is 0 Å². The summed E-state index contributed by atoms with van der Waals surface area (Å²) in [5.41, 5.74) is 1.24. The van der Waals surface area contributed by atoms with Crippen LogP contribution in [0.15, 0.2) is 36.5 Å². The molecule has 3 rings (SSSR count). The lowest BCUT2D eigenvalue weighted by Gasteiger charge is -2.06. The lowest BCUT2D eigenvalue weighted by molar-refractivity contribution is 0.0958. The number of benzene rings is 1. The number of carbonyl (C=O) groups is 1. The highest BCUT2D eigenvalue weighted by Crippen LogP contribution is 2.31. The van der Waals surface area contributed by atoms with Crippen LogP contribution in [0.2, 0.25) is 0 Å². The Morgan fingerprint density at radius 1 is 1.18 bits per heavy atom. The van der Waals surface area contributed by atoms with Gasteiger partial charge in [0.05, 0.1) is 10.2 Å². The molecule has 112 valence electrons. The van der Waals surface area contributed by atoms with Crippen molar-refractivity contribution in [2.45, 2.75) is 0 Å². The highest BCUT2D eigenvalue weighted by molar-refractivity contribution is 7.22. The molecule has 1 amide bonds. The Bertz CT molecular complexity index is 831. The second kappa shape index (κ2) is 5.98. The van der Waals surface area contributed by atoms with E-state index in [0.29, 0.717) is 17.2 Å². The van der Waals surface area contributed by atoms with E-state index in [1.54, 1.807) is 36.7 Å². The number of amides is 1. The minimum atomic E-state index is -0.248. The van der Waals surface area contributed by atoms with Gasteiger partial charge in [0.2, 0.25) is 0 Å². The van der Waals surface area contributed by atoms with E-state index in [4.69, 9.17) is 4.74 Å². The third-order valence-electron chi connectivity index (χ3n) is 3.00. The minimum absolute atomic E-state index is 0.248. The molecule has 0 aliphatic heterocycles. The van der Waals surface area contributed by atoms with Crippen molar-refractivity contribution in [2.24, 2.45) is 0 Å². The topological polar surface area (TPSA) is 76.1 Å². The van der Waals surface area contributed by atoms with E-state index in [1.165, 1.54) is 0 Å². The van der Waals surface area contributed by atoms with E-state index in [0.717, 1.165) is 15.3 Å². The van der Waals surface area contributed by atoms with Crippen LogP contribution in [-0.2, 0) is 0 Å². The van der Waals surface area contributed by atoms with Gasteiger partial charge in [-0.15, -0.1) is 0 Å². The van der Waals surface area contributed by atoms with Crippen LogP contribution in [0.5, 0.6) is 11.5 Å². The van der Waals surface area contributed by atoms with Crippen molar-refractivity contribution < 1.29 is 9.53 Å². The van der Waals surface area contributed by atoms with Gasteiger partial charge >= 0.3 is 0 Å². The Balaban J connectivity index is 1.87. The van der Waals surface area contributed by atoms with Crippen LogP contribution in [0.4, 0.5) is 5.13 Å². The van der Waals surface area contributed by atoms with Crippen molar-refractivity contribution in [3.63, 3.8) is 0 Å². The molecule has 7 heteroatoms. The fraction of sp³-hybridized carbons (Fsp3) is 0.133. The molecule has 3 aromatic rings. The largest absolute Gasteiger partial charge is 0.457 e. The van der Waals surface area contributed by atoms with Crippen molar-refractivity contribution >= 4 is 32.6 Å². The molecule has 0 saturated heterocycles. The van der Waals surface area contributed by atoms with E-state index in [1.807, 2.05) is 25.2 Å². The van der Waals surface area contributed by atoms with Gasteiger partial charge in [-0.1, -0.05) is 11.3 Å². The smallest absolute Gasteiger partial charge is 0.269 e. The summed E-state index contributed by atoms with van der Waals surface area (Å²) in [5, 5.41) is 6.42. The van der Waals surface area contributed by atoms with Gasteiger partial charge in [-0.25, -0.2) is 4.98 Å². The molecule has 0 unspecified atom stereocenters. The summed E-state index contributed by atoms with van der Waals surface area (Å²) in [7, 11) is 3.40. The van der Waals surface area contributed by atoms with Gasteiger partial charge < -0.3 is 15.4 Å². The zero-order chi connectivity index (χ0) is 15.5. The molecule has 22 heavy (non-hydrogen) atoms. The lowest BCUT2D eigenvalue weighted by Crippen LogP contribution is -2.18. The van der Waals surface area contributed by atoms with Crippen LogP contribution in [-0.4, -0.2) is 30.0 Å². The number of hydrogen-bond donors (Lipinski definition) is 2. The summed E-state index contributed by atoms with van der Waals surface area (Å²) in [6.45, 7) is 0. The first-order chi connectivity index (χ1) is 10.7. The van der Waals surface area contributed by atoms with Crippen LogP contribution < -0.4 is 15.4 Å². The number of thiazole rings is 1. The van der Waals surface area contributed by atoms with Crippen molar-refractivity contribution in [2.75, 3.05) is 19.4 Å². The number of fused-ring (bicyclic) bond motifs is 1.